The fourth-order valence-electron chi connectivity index (χ4n) is 4.09. The van der Waals surface area contributed by atoms with Gasteiger partial charge in [0.1, 0.15) is 26.2 Å². The molecule has 0 amide bonds. The molecule has 0 heterocycles. The molecule has 0 saturated heterocycles. The summed E-state index contributed by atoms with van der Waals surface area (Å²) in [5.74, 6) is -0.379. The molecule has 1 rings (SSSR count). The molecule has 0 bridgehead atoms. The Morgan fingerprint density at radius 1 is 0.935 bits per heavy atom. The van der Waals surface area contributed by atoms with Crippen molar-refractivity contribution in [2.75, 3.05) is 32.8 Å². The average Bonchev–Trinajstić information content (AvgIpc) is 2.76. The highest BCUT2D eigenvalue weighted by atomic mass is 35.5. The Hall–Kier alpha value is -1.36. The van der Waals surface area contributed by atoms with Crippen LogP contribution in [0, 0.1) is 0 Å². The van der Waals surface area contributed by atoms with Crippen molar-refractivity contribution in [3.05, 3.63) is 48.6 Å². The van der Waals surface area contributed by atoms with Crippen molar-refractivity contribution in [2.45, 2.75) is 77.7 Å². The van der Waals surface area contributed by atoms with Crippen LogP contribution in [-0.4, -0.2) is 48.4 Å². The predicted molar refractivity (Wildman–Crippen MR) is 125 cm³/mol. The zero-order valence-electron chi connectivity index (χ0n) is 19.6. The van der Waals surface area contributed by atoms with Crippen molar-refractivity contribution in [1.29, 1.82) is 0 Å². The SMILES string of the molecule is C=CC(=O)OCC[N+](CCO)(CCCCCCCCCCCC)Cc1ccccc1.[Cl-]. The second-order valence-corrected chi connectivity index (χ2v) is 8.43. The molecular formula is C26H44ClNO3. The highest BCUT2D eigenvalue weighted by molar-refractivity contribution is 5.81. The molecule has 0 aromatic heterocycles. The van der Waals surface area contributed by atoms with Gasteiger partial charge in [0.05, 0.1) is 13.2 Å². The molecule has 4 nitrogen and oxygen atoms in total. The van der Waals surface area contributed by atoms with Crippen LogP contribution in [0.25, 0.3) is 0 Å². The van der Waals surface area contributed by atoms with Gasteiger partial charge < -0.3 is 26.7 Å². The number of quaternary nitrogens is 1. The fourth-order valence-corrected chi connectivity index (χ4v) is 4.09. The van der Waals surface area contributed by atoms with E-state index >= 15 is 0 Å². The number of halogens is 1. The van der Waals surface area contributed by atoms with E-state index in [0.717, 1.165) is 24.0 Å². The van der Waals surface area contributed by atoms with Crippen LogP contribution >= 0.6 is 0 Å². The molecule has 1 aromatic carbocycles. The third kappa shape index (κ3) is 14.3. The lowest BCUT2D eigenvalue weighted by Gasteiger charge is -2.38. The lowest BCUT2D eigenvalue weighted by Crippen LogP contribution is -3.00. The lowest BCUT2D eigenvalue weighted by molar-refractivity contribution is -0.941. The molecule has 0 radical (unpaired) electrons. The molecule has 0 saturated carbocycles. The van der Waals surface area contributed by atoms with Crippen LogP contribution in [-0.2, 0) is 16.1 Å². The summed E-state index contributed by atoms with van der Waals surface area (Å²) in [6, 6.07) is 10.4. The number of rotatable bonds is 19. The monoisotopic (exact) mass is 453 g/mol. The van der Waals surface area contributed by atoms with E-state index in [1.54, 1.807) is 0 Å². The number of ether oxygens (including phenoxy) is 1. The number of unbranched alkanes of at least 4 members (excludes halogenated alkanes) is 9. The van der Waals surface area contributed by atoms with Gasteiger partial charge in [0.2, 0.25) is 0 Å². The minimum atomic E-state index is -0.379. The first-order chi connectivity index (χ1) is 14.7. The van der Waals surface area contributed by atoms with E-state index in [1.165, 1.54) is 69.4 Å². The number of aliphatic hydroxyl groups excluding tert-OH is 1. The van der Waals surface area contributed by atoms with Crippen LogP contribution < -0.4 is 12.4 Å². The molecule has 1 unspecified atom stereocenters. The Morgan fingerprint density at radius 2 is 1.52 bits per heavy atom. The lowest BCUT2D eigenvalue weighted by atomic mass is 10.1. The Balaban J connectivity index is 0.00000900. The number of esters is 1. The van der Waals surface area contributed by atoms with E-state index in [4.69, 9.17) is 4.74 Å². The van der Waals surface area contributed by atoms with E-state index in [9.17, 15) is 9.90 Å². The molecule has 0 aliphatic heterocycles. The van der Waals surface area contributed by atoms with Crippen molar-refractivity contribution in [1.82, 2.24) is 0 Å². The summed E-state index contributed by atoms with van der Waals surface area (Å²) in [6.07, 6.45) is 14.3. The largest absolute Gasteiger partial charge is 1.00 e. The van der Waals surface area contributed by atoms with E-state index in [0.29, 0.717) is 19.7 Å². The van der Waals surface area contributed by atoms with E-state index in [2.05, 4.69) is 37.8 Å². The normalized spacial score (nSPS) is 12.6. The van der Waals surface area contributed by atoms with Gasteiger partial charge in [-0.3, -0.25) is 0 Å². The van der Waals surface area contributed by atoms with Crippen LogP contribution in [0.3, 0.4) is 0 Å². The quantitative estimate of drug-likeness (QED) is 0.151. The summed E-state index contributed by atoms with van der Waals surface area (Å²) in [5.41, 5.74) is 1.26. The molecule has 178 valence electrons. The van der Waals surface area contributed by atoms with Gasteiger partial charge in [-0.1, -0.05) is 95.2 Å². The van der Waals surface area contributed by atoms with Crippen molar-refractivity contribution in [3.63, 3.8) is 0 Å². The molecular weight excluding hydrogens is 410 g/mol. The summed E-state index contributed by atoms with van der Waals surface area (Å²) < 4.78 is 6.03. The van der Waals surface area contributed by atoms with Gasteiger partial charge in [-0.15, -0.1) is 0 Å². The summed E-state index contributed by atoms with van der Waals surface area (Å²) in [7, 11) is 0. The Morgan fingerprint density at radius 3 is 2.06 bits per heavy atom. The Labute approximate surface area is 196 Å². The van der Waals surface area contributed by atoms with Gasteiger partial charge in [0.25, 0.3) is 0 Å². The van der Waals surface area contributed by atoms with Crippen molar-refractivity contribution in [3.8, 4) is 0 Å². The maximum Gasteiger partial charge on any atom is 0.330 e. The number of hydrogen-bond donors (Lipinski definition) is 1. The van der Waals surface area contributed by atoms with Gasteiger partial charge in [0.15, 0.2) is 0 Å². The van der Waals surface area contributed by atoms with Crippen LogP contribution in [0.1, 0.15) is 76.7 Å². The molecule has 1 N–H and O–H groups in total. The van der Waals surface area contributed by atoms with Crippen LogP contribution in [0.5, 0.6) is 0 Å². The molecule has 0 aliphatic carbocycles. The van der Waals surface area contributed by atoms with Gasteiger partial charge in [-0.25, -0.2) is 4.79 Å². The summed E-state index contributed by atoms with van der Waals surface area (Å²) in [4.78, 5) is 11.5. The van der Waals surface area contributed by atoms with Gasteiger partial charge >= 0.3 is 5.97 Å². The molecule has 0 fully saturated rings. The smallest absolute Gasteiger partial charge is 0.330 e. The zero-order chi connectivity index (χ0) is 21.9. The minimum Gasteiger partial charge on any atom is -1.00 e. The number of aliphatic hydroxyl groups is 1. The number of nitrogens with zero attached hydrogens (tertiary/aromatic N) is 1. The highest BCUT2D eigenvalue weighted by Gasteiger charge is 2.27. The molecule has 0 spiro atoms. The Bertz CT molecular complexity index is 567. The first kappa shape index (κ1) is 29.6. The molecule has 31 heavy (non-hydrogen) atoms. The number of carbonyl (C=O) groups is 1. The first-order valence-corrected chi connectivity index (χ1v) is 11.9. The second kappa shape index (κ2) is 19.3. The topological polar surface area (TPSA) is 46.5 Å². The van der Waals surface area contributed by atoms with Gasteiger partial charge in [-0.2, -0.15) is 0 Å². The number of hydrogen-bond acceptors (Lipinski definition) is 3. The van der Waals surface area contributed by atoms with Crippen LogP contribution in [0.2, 0.25) is 0 Å². The van der Waals surface area contributed by atoms with Gasteiger partial charge in [-0.05, 0) is 12.8 Å². The van der Waals surface area contributed by atoms with Crippen molar-refractivity contribution >= 4 is 5.97 Å². The van der Waals surface area contributed by atoms with Gasteiger partial charge in [0, 0.05) is 11.6 Å². The standard InChI is InChI=1S/C26H44NO3.ClH/c1-3-5-6-7-8-9-10-11-12-16-19-27(20-22-28,21-23-30-26(29)4-2)24-25-17-14-13-15-18-25;/h4,13-15,17-18,28H,2-3,5-12,16,19-24H2,1H3;1H/q+1;/p-1. The third-order valence-corrected chi connectivity index (χ3v) is 5.90. The third-order valence-electron chi connectivity index (χ3n) is 5.90. The maximum absolute atomic E-state index is 11.5. The average molecular weight is 454 g/mol. The summed E-state index contributed by atoms with van der Waals surface area (Å²) in [5, 5.41) is 9.76. The van der Waals surface area contributed by atoms with E-state index in [-0.39, 0.29) is 25.0 Å². The minimum absolute atomic E-state index is 0. The van der Waals surface area contributed by atoms with E-state index in [1.807, 2.05) is 6.07 Å². The van der Waals surface area contributed by atoms with E-state index < -0.39 is 0 Å². The highest BCUT2D eigenvalue weighted by Crippen LogP contribution is 2.18. The van der Waals surface area contributed by atoms with Crippen molar-refractivity contribution < 1.29 is 31.5 Å². The Kier molecular flexibility index (Phi) is 18.5. The second-order valence-electron chi connectivity index (χ2n) is 8.43. The van der Waals surface area contributed by atoms with Crippen molar-refractivity contribution in [2.24, 2.45) is 0 Å². The maximum atomic E-state index is 11.5. The molecule has 5 heteroatoms. The van der Waals surface area contributed by atoms with Crippen LogP contribution in [0.4, 0.5) is 0 Å². The summed E-state index contributed by atoms with van der Waals surface area (Å²) in [6.45, 7) is 9.46. The summed E-state index contributed by atoms with van der Waals surface area (Å²) >= 11 is 0. The molecule has 1 aromatic rings. The molecule has 0 aliphatic rings. The van der Waals surface area contributed by atoms with Crippen LogP contribution in [0.15, 0.2) is 43.0 Å². The fraction of sp³-hybridized carbons (Fsp3) is 0.654. The molecule has 1 atom stereocenters. The zero-order valence-corrected chi connectivity index (χ0v) is 20.3. The number of carbonyl (C=O) groups excluding carboxylic acids is 1. The number of benzene rings is 1. The predicted octanol–water partition coefficient (Wildman–Crippen LogP) is 2.65. The first-order valence-electron chi connectivity index (χ1n) is 11.9.